The van der Waals surface area contributed by atoms with Crippen molar-refractivity contribution in [3.05, 3.63) is 100 Å². The highest BCUT2D eigenvalue weighted by Crippen LogP contribution is 2.44. The van der Waals surface area contributed by atoms with E-state index in [0.717, 1.165) is 35.3 Å². The minimum atomic E-state index is -0.828. The van der Waals surface area contributed by atoms with E-state index in [4.69, 9.17) is 9.47 Å². The molecule has 5 heteroatoms. The van der Waals surface area contributed by atoms with Crippen molar-refractivity contribution in [2.45, 2.75) is 38.0 Å². The number of carbonyl (C=O) groups excluding carboxylic acids is 1. The largest absolute Gasteiger partial charge is 0.488 e. The van der Waals surface area contributed by atoms with Gasteiger partial charge in [-0.2, -0.15) is 0 Å². The highest BCUT2D eigenvalue weighted by atomic mass is 16.5. The number of carbonyl (C=O) groups is 1. The van der Waals surface area contributed by atoms with Gasteiger partial charge >= 0.3 is 5.97 Å². The zero-order valence-electron chi connectivity index (χ0n) is 19.1. The highest BCUT2D eigenvalue weighted by Gasteiger charge is 2.39. The number of benzene rings is 3. The van der Waals surface area contributed by atoms with Crippen LogP contribution < -0.4 is 4.74 Å². The van der Waals surface area contributed by atoms with Crippen molar-refractivity contribution in [2.75, 3.05) is 20.2 Å². The van der Waals surface area contributed by atoms with Crippen molar-refractivity contribution in [2.24, 2.45) is 0 Å². The Morgan fingerprint density at radius 1 is 1.03 bits per heavy atom. The van der Waals surface area contributed by atoms with E-state index in [1.165, 1.54) is 12.7 Å². The Hall–Kier alpha value is -3.15. The van der Waals surface area contributed by atoms with Crippen LogP contribution >= 0.6 is 0 Å². The topological polar surface area (TPSA) is 59.0 Å². The average Bonchev–Trinajstić information content (AvgIpc) is 3.01. The molecule has 1 unspecified atom stereocenters. The second-order valence-corrected chi connectivity index (χ2v) is 9.05. The third kappa shape index (κ3) is 3.92. The monoisotopic (exact) mass is 443 g/mol. The van der Waals surface area contributed by atoms with E-state index in [-0.39, 0.29) is 6.04 Å². The van der Waals surface area contributed by atoms with Gasteiger partial charge in [-0.1, -0.05) is 60.7 Å². The molecule has 0 aliphatic carbocycles. The van der Waals surface area contributed by atoms with Crippen molar-refractivity contribution < 1.29 is 19.4 Å². The molecule has 2 heterocycles. The van der Waals surface area contributed by atoms with E-state index in [2.05, 4.69) is 29.2 Å². The molecule has 1 fully saturated rings. The quantitative estimate of drug-likeness (QED) is 0.592. The van der Waals surface area contributed by atoms with Crippen molar-refractivity contribution in [3.8, 4) is 5.75 Å². The van der Waals surface area contributed by atoms with E-state index < -0.39 is 11.6 Å². The summed E-state index contributed by atoms with van der Waals surface area (Å²) in [7, 11) is 1.40. The van der Waals surface area contributed by atoms with Crippen LogP contribution in [0.4, 0.5) is 0 Å². The summed E-state index contributed by atoms with van der Waals surface area (Å²) in [4.78, 5) is 15.0. The standard InChI is InChI=1S/C28H29NO4/c1-19-16-23-25(29-14-12-28(31,13-15-29)21-9-4-3-5-10-21)22-11-7-6-8-20(22)18-33-26(23)24(17-19)27(30)32-2/h3-11,16-17,25,31H,12-15,18H2,1-2H3. The summed E-state index contributed by atoms with van der Waals surface area (Å²) in [6.07, 6.45) is 1.28. The molecule has 3 aromatic carbocycles. The van der Waals surface area contributed by atoms with Crippen LogP contribution in [0.15, 0.2) is 66.7 Å². The summed E-state index contributed by atoms with van der Waals surface area (Å²) in [5.41, 5.74) is 4.86. The number of hydrogen-bond donors (Lipinski definition) is 1. The number of aliphatic hydroxyl groups is 1. The van der Waals surface area contributed by atoms with Crippen LogP contribution in [-0.2, 0) is 16.9 Å². The number of likely N-dealkylation sites (tertiary alicyclic amines) is 1. The molecular formula is C28H29NO4. The second-order valence-electron chi connectivity index (χ2n) is 9.05. The number of piperidine rings is 1. The summed E-state index contributed by atoms with van der Waals surface area (Å²) in [6, 6.07) is 22.1. The first kappa shape index (κ1) is 21.7. The van der Waals surface area contributed by atoms with Crippen LogP contribution in [0.3, 0.4) is 0 Å². The van der Waals surface area contributed by atoms with Crippen LogP contribution in [0.2, 0.25) is 0 Å². The summed E-state index contributed by atoms with van der Waals surface area (Å²) in [5, 5.41) is 11.4. The average molecular weight is 444 g/mol. The molecule has 0 aromatic heterocycles. The van der Waals surface area contributed by atoms with Crippen molar-refractivity contribution in [1.29, 1.82) is 0 Å². The van der Waals surface area contributed by atoms with E-state index in [0.29, 0.717) is 30.8 Å². The van der Waals surface area contributed by atoms with Crippen LogP contribution in [0.25, 0.3) is 0 Å². The van der Waals surface area contributed by atoms with Gasteiger partial charge in [0, 0.05) is 18.7 Å². The van der Waals surface area contributed by atoms with Gasteiger partial charge in [-0.3, -0.25) is 4.90 Å². The molecule has 0 saturated carbocycles. The first-order chi connectivity index (χ1) is 16.0. The molecule has 0 spiro atoms. The molecular weight excluding hydrogens is 414 g/mol. The lowest BCUT2D eigenvalue weighted by Crippen LogP contribution is -2.44. The number of aryl methyl sites for hydroxylation is 1. The first-order valence-electron chi connectivity index (χ1n) is 11.5. The van der Waals surface area contributed by atoms with Crippen LogP contribution in [0, 0.1) is 6.92 Å². The molecule has 1 atom stereocenters. The molecule has 0 amide bonds. The van der Waals surface area contributed by atoms with Gasteiger partial charge in [0.2, 0.25) is 0 Å². The van der Waals surface area contributed by atoms with Crippen molar-refractivity contribution in [1.82, 2.24) is 4.90 Å². The zero-order chi connectivity index (χ0) is 23.0. The van der Waals surface area contributed by atoms with Gasteiger partial charge in [-0.15, -0.1) is 0 Å². The third-order valence-corrected chi connectivity index (χ3v) is 6.99. The van der Waals surface area contributed by atoms with Gasteiger partial charge in [-0.05, 0) is 48.1 Å². The molecule has 0 radical (unpaired) electrons. The van der Waals surface area contributed by atoms with Crippen LogP contribution in [0.1, 0.15) is 57.1 Å². The summed E-state index contributed by atoms with van der Waals surface area (Å²) in [5.74, 6) is 0.203. The zero-order valence-corrected chi connectivity index (χ0v) is 19.1. The Kier molecular flexibility index (Phi) is 5.69. The van der Waals surface area contributed by atoms with Crippen LogP contribution in [-0.4, -0.2) is 36.2 Å². The molecule has 1 N–H and O–H groups in total. The number of hydrogen-bond acceptors (Lipinski definition) is 5. The Morgan fingerprint density at radius 3 is 2.45 bits per heavy atom. The van der Waals surface area contributed by atoms with Crippen molar-refractivity contribution in [3.63, 3.8) is 0 Å². The van der Waals surface area contributed by atoms with E-state index in [1.807, 2.05) is 49.4 Å². The smallest absolute Gasteiger partial charge is 0.341 e. The lowest BCUT2D eigenvalue weighted by atomic mass is 9.82. The number of ether oxygens (including phenoxy) is 2. The minimum absolute atomic E-state index is 0.0673. The Bertz CT molecular complexity index is 1170. The maximum Gasteiger partial charge on any atom is 0.341 e. The fraction of sp³-hybridized carbons (Fsp3) is 0.321. The predicted octanol–water partition coefficient (Wildman–Crippen LogP) is 4.75. The van der Waals surface area contributed by atoms with Crippen LogP contribution in [0.5, 0.6) is 5.75 Å². The molecule has 5 rings (SSSR count). The molecule has 2 aliphatic heterocycles. The van der Waals surface area contributed by atoms with Gasteiger partial charge in [0.25, 0.3) is 0 Å². The number of nitrogens with zero attached hydrogens (tertiary/aromatic N) is 1. The molecule has 1 saturated heterocycles. The van der Waals surface area contributed by atoms with Gasteiger partial charge in [0.05, 0.1) is 18.8 Å². The van der Waals surface area contributed by atoms with Gasteiger partial charge in [0.1, 0.15) is 17.9 Å². The lowest BCUT2D eigenvalue weighted by molar-refractivity contribution is -0.0325. The second kappa shape index (κ2) is 8.65. The van der Waals surface area contributed by atoms with E-state index >= 15 is 0 Å². The maximum atomic E-state index is 12.6. The molecule has 2 aliphatic rings. The van der Waals surface area contributed by atoms with Crippen molar-refractivity contribution >= 4 is 5.97 Å². The predicted molar refractivity (Wildman–Crippen MR) is 126 cm³/mol. The van der Waals surface area contributed by atoms with Gasteiger partial charge in [0.15, 0.2) is 0 Å². The summed E-state index contributed by atoms with van der Waals surface area (Å²) in [6.45, 7) is 3.84. The highest BCUT2D eigenvalue weighted by molar-refractivity contribution is 5.93. The van der Waals surface area contributed by atoms with Gasteiger partial charge in [-0.25, -0.2) is 4.79 Å². The molecule has 170 valence electrons. The number of esters is 1. The Morgan fingerprint density at radius 2 is 1.73 bits per heavy atom. The Labute approximate surface area is 194 Å². The fourth-order valence-electron chi connectivity index (χ4n) is 5.26. The SMILES string of the molecule is COC(=O)c1cc(C)cc2c1OCc1ccccc1C2N1CCC(O)(c2ccccc2)CC1. The van der Waals surface area contributed by atoms with Gasteiger partial charge < -0.3 is 14.6 Å². The molecule has 33 heavy (non-hydrogen) atoms. The third-order valence-electron chi connectivity index (χ3n) is 6.99. The van der Waals surface area contributed by atoms with E-state index in [9.17, 15) is 9.90 Å². The fourth-order valence-corrected chi connectivity index (χ4v) is 5.26. The molecule has 0 bridgehead atoms. The number of fused-ring (bicyclic) bond motifs is 2. The summed E-state index contributed by atoms with van der Waals surface area (Å²) < 4.78 is 11.3. The lowest BCUT2D eigenvalue weighted by Gasteiger charge is -2.42. The molecule has 5 nitrogen and oxygen atoms in total. The van der Waals surface area contributed by atoms with E-state index in [1.54, 1.807) is 0 Å². The summed E-state index contributed by atoms with van der Waals surface area (Å²) >= 11 is 0. The Balaban J connectivity index is 1.56. The normalized spacial score (nSPS) is 19.5. The maximum absolute atomic E-state index is 12.6. The number of methoxy groups -OCH3 is 1. The minimum Gasteiger partial charge on any atom is -0.488 e. The first-order valence-corrected chi connectivity index (χ1v) is 11.5. The number of rotatable bonds is 3. The molecule has 3 aromatic rings.